The van der Waals surface area contributed by atoms with Crippen molar-refractivity contribution in [1.82, 2.24) is 14.8 Å². The number of amides is 2. The van der Waals surface area contributed by atoms with Crippen LogP contribution in [0.15, 0.2) is 48.5 Å². The van der Waals surface area contributed by atoms with Gasteiger partial charge in [-0.05, 0) is 49.1 Å². The molecular formula is C26H26ClN3O2. The summed E-state index contributed by atoms with van der Waals surface area (Å²) >= 11 is 6.16. The SMILES string of the molecule is C[C@]12C(=O)N(C3CCCC3)CC(=O)N1C[C@H](c1ccc(Cl)cc1)c1c2[nH]c2ccccc12. The second-order valence-corrected chi connectivity index (χ2v) is 9.95. The van der Waals surface area contributed by atoms with Crippen LogP contribution in [0.5, 0.6) is 0 Å². The van der Waals surface area contributed by atoms with Gasteiger partial charge in [-0.25, -0.2) is 0 Å². The number of benzene rings is 2. The van der Waals surface area contributed by atoms with E-state index in [0.717, 1.165) is 53.4 Å². The number of nitrogens with zero attached hydrogens (tertiary/aromatic N) is 2. The lowest BCUT2D eigenvalue weighted by molar-refractivity contribution is -0.168. The molecule has 1 aromatic heterocycles. The summed E-state index contributed by atoms with van der Waals surface area (Å²) in [5.41, 5.74) is 3.05. The second-order valence-electron chi connectivity index (χ2n) is 9.51. The highest BCUT2D eigenvalue weighted by Gasteiger charge is 2.57. The lowest BCUT2D eigenvalue weighted by atomic mass is 9.76. The van der Waals surface area contributed by atoms with Gasteiger partial charge in [0.2, 0.25) is 5.91 Å². The zero-order valence-corrected chi connectivity index (χ0v) is 18.9. The van der Waals surface area contributed by atoms with Crippen LogP contribution in [0.2, 0.25) is 5.02 Å². The largest absolute Gasteiger partial charge is 0.356 e. The molecule has 2 aromatic carbocycles. The molecular weight excluding hydrogens is 422 g/mol. The number of carbonyl (C=O) groups excluding carboxylic acids is 2. The van der Waals surface area contributed by atoms with Crippen LogP contribution in [-0.2, 0) is 15.1 Å². The predicted molar refractivity (Wildman–Crippen MR) is 125 cm³/mol. The van der Waals surface area contributed by atoms with Crippen LogP contribution in [0.4, 0.5) is 0 Å². The summed E-state index contributed by atoms with van der Waals surface area (Å²) in [5.74, 6) is 0.0508. The maximum absolute atomic E-state index is 14.0. The van der Waals surface area contributed by atoms with E-state index in [4.69, 9.17) is 11.6 Å². The average molecular weight is 448 g/mol. The van der Waals surface area contributed by atoms with Crippen LogP contribution in [0.25, 0.3) is 10.9 Å². The van der Waals surface area contributed by atoms with Crippen molar-refractivity contribution in [3.8, 4) is 0 Å². The number of H-pyrrole nitrogens is 1. The fraction of sp³-hybridized carbons (Fsp3) is 0.385. The van der Waals surface area contributed by atoms with E-state index in [9.17, 15) is 9.59 Å². The highest BCUT2D eigenvalue weighted by Crippen LogP contribution is 2.48. The van der Waals surface area contributed by atoms with Crippen LogP contribution in [0.3, 0.4) is 0 Å². The molecule has 2 amide bonds. The number of para-hydroxylation sites is 1. The normalized spacial score (nSPS) is 26.0. The van der Waals surface area contributed by atoms with Crippen molar-refractivity contribution in [3.05, 3.63) is 70.4 Å². The minimum absolute atomic E-state index is 0.0266. The number of nitrogens with one attached hydrogen (secondary N) is 1. The molecule has 1 saturated heterocycles. The van der Waals surface area contributed by atoms with Gasteiger partial charge in [-0.1, -0.05) is 54.8 Å². The van der Waals surface area contributed by atoms with E-state index in [1.165, 1.54) is 0 Å². The summed E-state index contributed by atoms with van der Waals surface area (Å²) in [6, 6.07) is 16.2. The fourth-order valence-corrected chi connectivity index (χ4v) is 6.26. The first-order valence-corrected chi connectivity index (χ1v) is 11.8. The maximum atomic E-state index is 14.0. The summed E-state index contributed by atoms with van der Waals surface area (Å²) < 4.78 is 0. The van der Waals surface area contributed by atoms with Gasteiger partial charge in [0, 0.05) is 34.4 Å². The molecule has 0 spiro atoms. The van der Waals surface area contributed by atoms with Gasteiger partial charge in [0.25, 0.3) is 5.91 Å². The zero-order chi connectivity index (χ0) is 22.0. The summed E-state index contributed by atoms with van der Waals surface area (Å²) in [5, 5.41) is 1.80. The molecule has 6 heteroatoms. The number of hydrogen-bond acceptors (Lipinski definition) is 2. The lowest BCUT2D eigenvalue weighted by Crippen LogP contribution is -2.68. The smallest absolute Gasteiger partial charge is 0.255 e. The Balaban J connectivity index is 1.56. The molecule has 1 saturated carbocycles. The number of aromatic amines is 1. The molecule has 5 nitrogen and oxygen atoms in total. The minimum atomic E-state index is -1.02. The van der Waals surface area contributed by atoms with Crippen LogP contribution in [0, 0.1) is 0 Å². The Labute approximate surface area is 192 Å². The standard InChI is InChI=1S/C26H26ClN3O2/c1-26-24-23(19-8-4-5-9-21(19)28-24)20(16-10-12-17(27)13-11-16)14-30(26)22(31)15-29(25(26)32)18-6-2-3-7-18/h4-5,8-13,18,20,28H,2-3,6-7,14-15H2,1H3/t20-,26+/m1/s1. The number of piperazine rings is 1. The summed E-state index contributed by atoms with van der Waals surface area (Å²) in [6.45, 7) is 2.60. The second kappa shape index (κ2) is 7.11. The Morgan fingerprint density at radius 3 is 2.50 bits per heavy atom. The van der Waals surface area contributed by atoms with E-state index in [0.29, 0.717) is 11.6 Å². The highest BCUT2D eigenvalue weighted by molar-refractivity contribution is 6.30. The molecule has 0 radical (unpaired) electrons. The number of rotatable bonds is 2. The molecule has 6 rings (SSSR count). The maximum Gasteiger partial charge on any atom is 0.255 e. The molecule has 164 valence electrons. The van der Waals surface area contributed by atoms with Crippen molar-refractivity contribution in [2.45, 2.75) is 50.1 Å². The van der Waals surface area contributed by atoms with Gasteiger partial charge in [-0.3, -0.25) is 9.59 Å². The third kappa shape index (κ3) is 2.70. The number of fused-ring (bicyclic) bond motifs is 5. The molecule has 2 fully saturated rings. The molecule has 1 N–H and O–H groups in total. The van der Waals surface area contributed by atoms with Gasteiger partial charge in [-0.15, -0.1) is 0 Å². The average Bonchev–Trinajstić information content (AvgIpc) is 3.46. The van der Waals surface area contributed by atoms with Crippen LogP contribution >= 0.6 is 11.6 Å². The third-order valence-electron chi connectivity index (χ3n) is 7.81. The zero-order valence-electron chi connectivity index (χ0n) is 18.1. The van der Waals surface area contributed by atoms with Crippen LogP contribution < -0.4 is 0 Å². The Hall–Kier alpha value is -2.79. The van der Waals surface area contributed by atoms with Gasteiger partial charge < -0.3 is 14.8 Å². The molecule has 2 aliphatic heterocycles. The topological polar surface area (TPSA) is 56.4 Å². The Morgan fingerprint density at radius 2 is 1.75 bits per heavy atom. The first-order valence-electron chi connectivity index (χ1n) is 11.5. The van der Waals surface area contributed by atoms with Crippen molar-refractivity contribution in [2.24, 2.45) is 0 Å². The van der Waals surface area contributed by atoms with E-state index >= 15 is 0 Å². The first kappa shape index (κ1) is 19.9. The van der Waals surface area contributed by atoms with E-state index < -0.39 is 5.54 Å². The molecule has 3 heterocycles. The Morgan fingerprint density at radius 1 is 1.03 bits per heavy atom. The van der Waals surface area contributed by atoms with Gasteiger partial charge in [0.1, 0.15) is 6.54 Å². The molecule has 0 bridgehead atoms. The number of aromatic nitrogens is 1. The monoisotopic (exact) mass is 447 g/mol. The van der Waals surface area contributed by atoms with Gasteiger partial charge >= 0.3 is 0 Å². The van der Waals surface area contributed by atoms with Crippen molar-refractivity contribution in [3.63, 3.8) is 0 Å². The summed E-state index contributed by atoms with van der Waals surface area (Å²) in [4.78, 5) is 34.8. The molecule has 32 heavy (non-hydrogen) atoms. The van der Waals surface area contributed by atoms with E-state index in [1.54, 1.807) is 0 Å². The van der Waals surface area contributed by atoms with Crippen molar-refractivity contribution >= 4 is 34.3 Å². The summed E-state index contributed by atoms with van der Waals surface area (Å²) in [6.07, 6.45) is 4.23. The fourth-order valence-electron chi connectivity index (χ4n) is 6.14. The number of hydrogen-bond donors (Lipinski definition) is 1. The Bertz CT molecular complexity index is 1230. The molecule has 3 aliphatic rings. The van der Waals surface area contributed by atoms with Gasteiger partial charge in [-0.2, -0.15) is 0 Å². The molecule has 0 unspecified atom stereocenters. The predicted octanol–water partition coefficient (Wildman–Crippen LogP) is 4.80. The highest BCUT2D eigenvalue weighted by atomic mass is 35.5. The minimum Gasteiger partial charge on any atom is -0.356 e. The van der Waals surface area contributed by atoms with E-state index in [2.05, 4.69) is 11.1 Å². The number of halogens is 1. The van der Waals surface area contributed by atoms with Gasteiger partial charge in [0.05, 0.1) is 5.69 Å². The van der Waals surface area contributed by atoms with Crippen LogP contribution in [-0.4, -0.2) is 45.7 Å². The van der Waals surface area contributed by atoms with Crippen molar-refractivity contribution < 1.29 is 9.59 Å². The quantitative estimate of drug-likeness (QED) is 0.613. The Kier molecular flexibility index (Phi) is 4.41. The lowest BCUT2D eigenvalue weighted by Gasteiger charge is -2.52. The van der Waals surface area contributed by atoms with E-state index in [-0.39, 0.29) is 30.3 Å². The summed E-state index contributed by atoms with van der Waals surface area (Å²) in [7, 11) is 0. The number of carbonyl (C=O) groups is 2. The van der Waals surface area contributed by atoms with Crippen molar-refractivity contribution in [2.75, 3.05) is 13.1 Å². The van der Waals surface area contributed by atoms with Gasteiger partial charge in [0.15, 0.2) is 5.54 Å². The molecule has 1 aliphatic carbocycles. The van der Waals surface area contributed by atoms with E-state index in [1.807, 2.05) is 59.2 Å². The third-order valence-corrected chi connectivity index (χ3v) is 8.06. The first-order chi connectivity index (χ1) is 15.5. The molecule has 3 aromatic rings. The van der Waals surface area contributed by atoms with Crippen molar-refractivity contribution in [1.29, 1.82) is 0 Å². The molecule has 2 atom stereocenters. The van der Waals surface area contributed by atoms with Crippen LogP contribution in [0.1, 0.15) is 55.3 Å².